The minimum absolute atomic E-state index is 0.154. The van der Waals surface area contributed by atoms with E-state index in [0.717, 1.165) is 31.7 Å². The third-order valence-corrected chi connectivity index (χ3v) is 5.26. The minimum atomic E-state index is -0.154. The summed E-state index contributed by atoms with van der Waals surface area (Å²) >= 11 is 12.2. The van der Waals surface area contributed by atoms with Gasteiger partial charge in [-0.1, -0.05) is 23.2 Å². The molecule has 3 heterocycles. The fourth-order valence-corrected chi connectivity index (χ4v) is 3.73. The van der Waals surface area contributed by atoms with Crippen molar-refractivity contribution in [2.24, 2.45) is 0 Å². The molecule has 1 fully saturated rings. The van der Waals surface area contributed by atoms with Gasteiger partial charge >= 0.3 is 0 Å². The van der Waals surface area contributed by atoms with E-state index in [1.54, 1.807) is 42.7 Å². The summed E-state index contributed by atoms with van der Waals surface area (Å²) in [7, 11) is 2.11. The fraction of sp³-hybridized carbons (Fsp3) is 0.286. The lowest BCUT2D eigenvalue weighted by molar-refractivity contribution is 0.281. The Hall–Kier alpha value is -2.45. The van der Waals surface area contributed by atoms with Crippen LogP contribution in [0, 0.1) is 0 Å². The number of piperazine rings is 1. The molecule has 9 heteroatoms. The number of anilines is 1. The van der Waals surface area contributed by atoms with Crippen molar-refractivity contribution in [3.63, 3.8) is 0 Å². The van der Waals surface area contributed by atoms with E-state index in [9.17, 15) is 5.11 Å². The lowest BCUT2D eigenvalue weighted by Gasteiger charge is -2.32. The Balaban J connectivity index is 1.55. The van der Waals surface area contributed by atoms with Gasteiger partial charge in [0.1, 0.15) is 0 Å². The van der Waals surface area contributed by atoms with Gasteiger partial charge in [0.2, 0.25) is 11.8 Å². The maximum absolute atomic E-state index is 9.64. The Morgan fingerprint density at radius 1 is 0.967 bits per heavy atom. The van der Waals surface area contributed by atoms with E-state index < -0.39 is 0 Å². The second-order valence-corrected chi connectivity index (χ2v) is 8.00. The van der Waals surface area contributed by atoms with Crippen LogP contribution in [0.4, 0.5) is 5.95 Å². The van der Waals surface area contributed by atoms with Crippen LogP contribution in [0.2, 0.25) is 10.0 Å². The van der Waals surface area contributed by atoms with Gasteiger partial charge < -0.3 is 19.6 Å². The highest BCUT2D eigenvalue weighted by atomic mass is 35.5. The summed E-state index contributed by atoms with van der Waals surface area (Å²) < 4.78 is 5.86. The first-order valence-electron chi connectivity index (χ1n) is 9.52. The molecule has 0 aliphatic carbocycles. The van der Waals surface area contributed by atoms with Crippen molar-refractivity contribution < 1.29 is 9.84 Å². The summed E-state index contributed by atoms with van der Waals surface area (Å²) in [6, 6.07) is 8.61. The van der Waals surface area contributed by atoms with Gasteiger partial charge in [0.05, 0.1) is 24.7 Å². The zero-order valence-electron chi connectivity index (χ0n) is 16.4. The van der Waals surface area contributed by atoms with Gasteiger partial charge in [-0.05, 0) is 36.9 Å². The van der Waals surface area contributed by atoms with E-state index in [1.165, 1.54) is 0 Å². The molecule has 0 spiro atoms. The minimum Gasteiger partial charge on any atom is -0.436 e. The van der Waals surface area contributed by atoms with Crippen LogP contribution in [-0.2, 0) is 6.61 Å². The smallest absolute Gasteiger partial charge is 0.225 e. The second kappa shape index (κ2) is 9.14. The molecule has 0 unspecified atom stereocenters. The molecule has 30 heavy (non-hydrogen) atoms. The van der Waals surface area contributed by atoms with E-state index in [2.05, 4.69) is 31.8 Å². The first-order chi connectivity index (χ1) is 14.5. The predicted octanol–water partition coefficient (Wildman–Crippen LogP) is 3.88. The fourth-order valence-electron chi connectivity index (χ4n) is 3.20. The van der Waals surface area contributed by atoms with Gasteiger partial charge in [-0.15, -0.1) is 0 Å². The van der Waals surface area contributed by atoms with Gasteiger partial charge in [0.15, 0.2) is 5.75 Å². The predicted molar refractivity (Wildman–Crippen MR) is 117 cm³/mol. The van der Waals surface area contributed by atoms with Gasteiger partial charge in [-0.25, -0.2) is 15.0 Å². The van der Waals surface area contributed by atoms with Gasteiger partial charge in [-0.2, -0.15) is 0 Å². The third-order valence-electron chi connectivity index (χ3n) is 4.83. The SMILES string of the molecule is CN1CCN(c2ncc(Oc3cc(CO)cc(-c4cc(Cl)cc(Cl)c4)n3)cn2)CC1. The van der Waals surface area contributed by atoms with Crippen molar-refractivity contribution in [2.45, 2.75) is 6.61 Å². The lowest BCUT2D eigenvalue weighted by atomic mass is 10.1. The summed E-state index contributed by atoms with van der Waals surface area (Å²) in [5.41, 5.74) is 1.98. The monoisotopic (exact) mass is 445 g/mol. The van der Waals surface area contributed by atoms with Gasteiger partial charge in [0.25, 0.3) is 0 Å². The molecule has 1 aromatic carbocycles. The van der Waals surface area contributed by atoms with Crippen molar-refractivity contribution in [3.05, 3.63) is 58.3 Å². The van der Waals surface area contributed by atoms with E-state index in [1.807, 2.05) is 0 Å². The van der Waals surface area contributed by atoms with Gasteiger partial charge in [0, 0.05) is 47.9 Å². The number of aliphatic hydroxyl groups excluding tert-OH is 1. The van der Waals surface area contributed by atoms with E-state index in [0.29, 0.717) is 38.9 Å². The number of aromatic nitrogens is 3. The highest BCUT2D eigenvalue weighted by Gasteiger charge is 2.16. The number of benzene rings is 1. The Morgan fingerprint density at radius 3 is 2.27 bits per heavy atom. The highest BCUT2D eigenvalue weighted by Crippen LogP contribution is 2.29. The Kier molecular flexibility index (Phi) is 6.34. The van der Waals surface area contributed by atoms with Crippen LogP contribution in [0.25, 0.3) is 11.3 Å². The summed E-state index contributed by atoms with van der Waals surface area (Å²) in [6.45, 7) is 3.59. The van der Waals surface area contributed by atoms with Crippen molar-refractivity contribution in [1.29, 1.82) is 0 Å². The summed E-state index contributed by atoms with van der Waals surface area (Å²) in [6.07, 6.45) is 3.26. The molecule has 7 nitrogen and oxygen atoms in total. The molecule has 1 saturated heterocycles. The van der Waals surface area contributed by atoms with E-state index in [-0.39, 0.29) is 6.61 Å². The normalized spacial score (nSPS) is 14.7. The standard InChI is InChI=1S/C21H21Cl2N5O2/c1-27-2-4-28(5-3-27)21-24-11-18(12-25-21)30-20-7-14(13-29)6-19(26-20)15-8-16(22)10-17(23)9-15/h6-12,29H,2-5,13H2,1H3. The number of pyridine rings is 1. The van der Waals surface area contributed by atoms with Gasteiger partial charge in [-0.3, -0.25) is 0 Å². The van der Waals surface area contributed by atoms with Crippen LogP contribution in [0.15, 0.2) is 42.7 Å². The largest absolute Gasteiger partial charge is 0.436 e. The van der Waals surface area contributed by atoms with Crippen LogP contribution in [0.5, 0.6) is 11.6 Å². The molecule has 156 valence electrons. The number of ether oxygens (including phenoxy) is 1. The van der Waals surface area contributed by atoms with E-state index in [4.69, 9.17) is 27.9 Å². The first-order valence-corrected chi connectivity index (χ1v) is 10.3. The summed E-state index contributed by atoms with van der Waals surface area (Å²) in [5, 5.41) is 10.6. The maximum atomic E-state index is 9.64. The van der Waals surface area contributed by atoms with Crippen LogP contribution in [0.1, 0.15) is 5.56 Å². The molecule has 0 atom stereocenters. The first kappa shape index (κ1) is 20.8. The summed E-state index contributed by atoms with van der Waals surface area (Å²) in [5.74, 6) is 1.47. The second-order valence-electron chi connectivity index (χ2n) is 7.13. The molecule has 1 aliphatic heterocycles. The molecule has 1 N–H and O–H groups in total. The zero-order chi connectivity index (χ0) is 21.1. The number of nitrogens with zero attached hydrogens (tertiary/aromatic N) is 5. The average molecular weight is 446 g/mol. The Bertz CT molecular complexity index is 1000. The number of rotatable bonds is 5. The van der Waals surface area contributed by atoms with Crippen molar-refractivity contribution in [3.8, 4) is 22.9 Å². The molecular weight excluding hydrogens is 425 g/mol. The molecule has 0 bridgehead atoms. The highest BCUT2D eigenvalue weighted by molar-refractivity contribution is 6.35. The van der Waals surface area contributed by atoms with Crippen LogP contribution in [0.3, 0.4) is 0 Å². The zero-order valence-corrected chi connectivity index (χ0v) is 17.9. The summed E-state index contributed by atoms with van der Waals surface area (Å²) in [4.78, 5) is 17.8. The molecular formula is C21H21Cl2N5O2. The third kappa shape index (κ3) is 4.99. The average Bonchev–Trinajstić information content (AvgIpc) is 2.74. The van der Waals surface area contributed by atoms with Crippen molar-refractivity contribution in [2.75, 3.05) is 38.1 Å². The quantitative estimate of drug-likeness (QED) is 0.638. The Labute approximate surface area is 184 Å². The molecule has 0 radical (unpaired) electrons. The molecule has 3 aromatic rings. The number of aliphatic hydroxyl groups is 1. The number of hydrogen-bond donors (Lipinski definition) is 1. The molecule has 2 aromatic heterocycles. The number of likely N-dealkylation sites (N-methyl/N-ethyl adjacent to an activating group) is 1. The topological polar surface area (TPSA) is 74.6 Å². The molecule has 0 saturated carbocycles. The Morgan fingerprint density at radius 2 is 1.63 bits per heavy atom. The lowest BCUT2D eigenvalue weighted by Crippen LogP contribution is -2.45. The van der Waals surface area contributed by atoms with Crippen LogP contribution >= 0.6 is 23.2 Å². The molecule has 1 aliphatic rings. The number of hydrogen-bond acceptors (Lipinski definition) is 7. The van der Waals surface area contributed by atoms with Crippen LogP contribution in [-0.4, -0.2) is 58.2 Å². The molecule has 4 rings (SSSR count). The van der Waals surface area contributed by atoms with E-state index >= 15 is 0 Å². The van der Waals surface area contributed by atoms with Crippen LogP contribution < -0.4 is 9.64 Å². The maximum Gasteiger partial charge on any atom is 0.225 e. The van der Waals surface area contributed by atoms with Crippen molar-refractivity contribution >= 4 is 29.2 Å². The molecule has 0 amide bonds. The number of halogens is 2. The van der Waals surface area contributed by atoms with Crippen molar-refractivity contribution in [1.82, 2.24) is 19.9 Å².